The molecule has 0 radical (unpaired) electrons. The average Bonchev–Trinajstić information content (AvgIpc) is 3.16. The lowest BCUT2D eigenvalue weighted by molar-refractivity contribution is -0.122. The van der Waals surface area contributed by atoms with Crippen LogP contribution >= 0.6 is 0 Å². The summed E-state index contributed by atoms with van der Waals surface area (Å²) < 4.78 is 13.3. The number of amides is 1. The van der Waals surface area contributed by atoms with Crippen molar-refractivity contribution in [1.82, 2.24) is 5.43 Å². The van der Waals surface area contributed by atoms with Crippen LogP contribution in [0.25, 0.3) is 0 Å². The van der Waals surface area contributed by atoms with Gasteiger partial charge in [0.2, 0.25) is 5.91 Å². The normalized spacial score (nSPS) is 26.4. The number of hydrogen-bond acceptors (Lipinski definition) is 2. The van der Waals surface area contributed by atoms with Crippen LogP contribution in [-0.2, 0) is 4.79 Å². The zero-order chi connectivity index (χ0) is 11.8. The number of rotatable bonds is 4. The van der Waals surface area contributed by atoms with Gasteiger partial charge in [0, 0.05) is 5.92 Å². The molecule has 2 aliphatic rings. The monoisotopic (exact) mass is 234 g/mol. The SMILES string of the molecule is O=C(NNc1ccccc1F)C1CC1C1CC1. The fraction of sp³-hybridized carbons (Fsp3) is 0.462. The van der Waals surface area contributed by atoms with Crippen molar-refractivity contribution in [2.24, 2.45) is 17.8 Å². The number of hydrogen-bond donors (Lipinski definition) is 2. The maximum atomic E-state index is 13.3. The van der Waals surface area contributed by atoms with E-state index < -0.39 is 0 Å². The third kappa shape index (κ3) is 2.25. The maximum absolute atomic E-state index is 13.3. The van der Waals surface area contributed by atoms with Crippen LogP contribution in [0.1, 0.15) is 19.3 Å². The van der Waals surface area contributed by atoms with Crippen LogP contribution in [0.5, 0.6) is 0 Å². The molecule has 2 atom stereocenters. The van der Waals surface area contributed by atoms with Gasteiger partial charge in [0.05, 0.1) is 5.69 Å². The smallest absolute Gasteiger partial charge is 0.241 e. The van der Waals surface area contributed by atoms with Gasteiger partial charge in [-0.15, -0.1) is 0 Å². The molecule has 0 spiro atoms. The molecule has 0 heterocycles. The van der Waals surface area contributed by atoms with E-state index in [0.717, 1.165) is 12.3 Å². The van der Waals surface area contributed by atoms with Crippen LogP contribution in [0.3, 0.4) is 0 Å². The summed E-state index contributed by atoms with van der Waals surface area (Å²) in [7, 11) is 0. The Bertz CT molecular complexity index is 445. The van der Waals surface area contributed by atoms with Crippen molar-refractivity contribution in [3.05, 3.63) is 30.1 Å². The first-order valence-electron chi connectivity index (χ1n) is 6.06. The van der Waals surface area contributed by atoms with E-state index in [-0.39, 0.29) is 17.6 Å². The third-order valence-electron chi connectivity index (χ3n) is 3.60. The first-order valence-corrected chi connectivity index (χ1v) is 6.06. The van der Waals surface area contributed by atoms with Gasteiger partial charge in [-0.05, 0) is 43.2 Å². The number of para-hydroxylation sites is 1. The number of carbonyl (C=O) groups is 1. The van der Waals surface area contributed by atoms with Gasteiger partial charge in [0.25, 0.3) is 0 Å². The molecule has 2 aliphatic carbocycles. The van der Waals surface area contributed by atoms with E-state index in [0.29, 0.717) is 11.6 Å². The number of carbonyl (C=O) groups excluding carboxylic acids is 1. The minimum Gasteiger partial charge on any atom is -0.296 e. The highest BCUT2D eigenvalue weighted by atomic mass is 19.1. The van der Waals surface area contributed by atoms with Gasteiger partial charge in [-0.25, -0.2) is 4.39 Å². The molecule has 0 aliphatic heterocycles. The maximum Gasteiger partial charge on any atom is 0.241 e. The third-order valence-corrected chi connectivity index (χ3v) is 3.60. The second kappa shape index (κ2) is 4.02. The number of nitrogens with one attached hydrogen (secondary N) is 2. The second-order valence-electron chi connectivity index (χ2n) is 4.94. The van der Waals surface area contributed by atoms with Gasteiger partial charge >= 0.3 is 0 Å². The van der Waals surface area contributed by atoms with E-state index in [1.54, 1.807) is 18.2 Å². The van der Waals surface area contributed by atoms with Gasteiger partial charge in [-0.3, -0.25) is 15.6 Å². The zero-order valence-corrected chi connectivity index (χ0v) is 9.45. The Morgan fingerprint density at radius 3 is 2.76 bits per heavy atom. The number of anilines is 1. The first-order chi connectivity index (χ1) is 8.25. The van der Waals surface area contributed by atoms with Crippen LogP contribution in [-0.4, -0.2) is 5.91 Å². The van der Waals surface area contributed by atoms with Crippen LogP contribution in [0.15, 0.2) is 24.3 Å². The summed E-state index contributed by atoms with van der Waals surface area (Å²) in [6, 6.07) is 6.30. The van der Waals surface area contributed by atoms with Crippen LogP contribution in [0.4, 0.5) is 10.1 Å². The molecule has 4 heteroatoms. The lowest BCUT2D eigenvalue weighted by atomic mass is 10.2. The quantitative estimate of drug-likeness (QED) is 0.785. The number of benzene rings is 1. The number of halogens is 1. The predicted octanol–water partition coefficient (Wildman–Crippen LogP) is 2.31. The topological polar surface area (TPSA) is 41.1 Å². The highest BCUT2D eigenvalue weighted by molar-refractivity contribution is 5.82. The Morgan fingerprint density at radius 2 is 2.06 bits per heavy atom. The minimum absolute atomic E-state index is 0.00912. The largest absolute Gasteiger partial charge is 0.296 e. The summed E-state index contributed by atoms with van der Waals surface area (Å²) in [4.78, 5) is 11.7. The van der Waals surface area contributed by atoms with Crippen molar-refractivity contribution in [3.8, 4) is 0 Å². The molecule has 90 valence electrons. The Labute approximate surface area is 99.4 Å². The van der Waals surface area contributed by atoms with Crippen molar-refractivity contribution in [1.29, 1.82) is 0 Å². The van der Waals surface area contributed by atoms with Crippen LogP contribution in [0.2, 0.25) is 0 Å². The molecule has 2 unspecified atom stereocenters. The van der Waals surface area contributed by atoms with Gasteiger partial charge in [-0.2, -0.15) is 0 Å². The number of hydrazine groups is 1. The molecule has 1 amide bonds. The van der Waals surface area contributed by atoms with E-state index in [1.807, 2.05) is 0 Å². The van der Waals surface area contributed by atoms with Crippen molar-refractivity contribution in [2.75, 3.05) is 5.43 Å². The molecular weight excluding hydrogens is 219 g/mol. The van der Waals surface area contributed by atoms with Gasteiger partial charge in [0.1, 0.15) is 5.82 Å². The Hall–Kier alpha value is -1.58. The van der Waals surface area contributed by atoms with Gasteiger partial charge in [0.15, 0.2) is 0 Å². The highest BCUT2D eigenvalue weighted by Crippen LogP contribution is 2.54. The molecule has 17 heavy (non-hydrogen) atoms. The van der Waals surface area contributed by atoms with Crippen LogP contribution in [0, 0.1) is 23.6 Å². The molecule has 2 fully saturated rings. The van der Waals surface area contributed by atoms with E-state index in [2.05, 4.69) is 10.9 Å². The summed E-state index contributed by atoms with van der Waals surface area (Å²) in [5.41, 5.74) is 5.53. The van der Waals surface area contributed by atoms with Gasteiger partial charge in [-0.1, -0.05) is 12.1 Å². The molecule has 1 aromatic rings. The summed E-state index contributed by atoms with van der Waals surface area (Å²) in [5.74, 6) is 1.13. The molecule has 1 aromatic carbocycles. The van der Waals surface area contributed by atoms with Crippen molar-refractivity contribution in [2.45, 2.75) is 19.3 Å². The molecule has 2 N–H and O–H groups in total. The Kier molecular flexibility index (Phi) is 2.50. The molecule has 0 saturated heterocycles. The minimum atomic E-state index is -0.359. The van der Waals surface area contributed by atoms with Crippen LogP contribution < -0.4 is 10.9 Å². The van der Waals surface area contributed by atoms with E-state index in [1.165, 1.54) is 18.9 Å². The summed E-state index contributed by atoms with van der Waals surface area (Å²) in [6.07, 6.45) is 3.54. The Morgan fingerprint density at radius 1 is 1.29 bits per heavy atom. The average molecular weight is 234 g/mol. The lowest BCUT2D eigenvalue weighted by Gasteiger charge is -2.08. The fourth-order valence-corrected chi connectivity index (χ4v) is 2.35. The predicted molar refractivity (Wildman–Crippen MR) is 62.5 cm³/mol. The summed E-state index contributed by atoms with van der Waals surface area (Å²) in [6.45, 7) is 0. The molecule has 3 rings (SSSR count). The Balaban J connectivity index is 1.51. The molecule has 2 saturated carbocycles. The second-order valence-corrected chi connectivity index (χ2v) is 4.94. The first kappa shape index (κ1) is 10.6. The van der Waals surface area contributed by atoms with Crippen molar-refractivity contribution < 1.29 is 9.18 Å². The van der Waals surface area contributed by atoms with E-state index >= 15 is 0 Å². The van der Waals surface area contributed by atoms with Crippen molar-refractivity contribution >= 4 is 11.6 Å². The summed E-state index contributed by atoms with van der Waals surface area (Å²) in [5, 5.41) is 0. The summed E-state index contributed by atoms with van der Waals surface area (Å²) >= 11 is 0. The molecular formula is C13H15FN2O. The molecule has 0 aromatic heterocycles. The van der Waals surface area contributed by atoms with Crippen molar-refractivity contribution in [3.63, 3.8) is 0 Å². The van der Waals surface area contributed by atoms with Gasteiger partial charge < -0.3 is 0 Å². The standard InChI is InChI=1S/C13H15FN2O/c14-11-3-1-2-4-12(11)15-16-13(17)10-7-9(10)8-5-6-8/h1-4,8-10,15H,5-7H2,(H,16,17). The fourth-order valence-electron chi connectivity index (χ4n) is 2.35. The lowest BCUT2D eigenvalue weighted by Crippen LogP contribution is -2.31. The molecule has 0 bridgehead atoms. The highest BCUT2D eigenvalue weighted by Gasteiger charge is 2.51. The van der Waals surface area contributed by atoms with E-state index in [4.69, 9.17) is 0 Å². The zero-order valence-electron chi connectivity index (χ0n) is 9.45. The van der Waals surface area contributed by atoms with E-state index in [9.17, 15) is 9.18 Å². The molecule has 3 nitrogen and oxygen atoms in total.